The van der Waals surface area contributed by atoms with Crippen molar-refractivity contribution >= 4 is 43.4 Å². The van der Waals surface area contributed by atoms with E-state index in [-0.39, 0.29) is 11.3 Å². The summed E-state index contributed by atoms with van der Waals surface area (Å²) in [5, 5.41) is 19.9. The molecule has 0 aliphatic carbocycles. The normalized spacial score (nSPS) is 13.1. The number of carboxylic acids is 2. The van der Waals surface area contributed by atoms with Gasteiger partial charge in [0.1, 0.15) is 6.04 Å². The summed E-state index contributed by atoms with van der Waals surface area (Å²) in [7, 11) is -4.07. The average Bonchev–Trinajstić information content (AvgIpc) is 2.90. The number of hydrogen-bond donors (Lipinski definition) is 3. The Labute approximate surface area is 130 Å². The monoisotopic (exact) mass is 343 g/mol. The molecule has 0 aliphatic heterocycles. The second-order valence-corrected chi connectivity index (χ2v) is 7.16. The fourth-order valence-corrected chi connectivity index (χ4v) is 4.27. The van der Waals surface area contributed by atoms with E-state index in [1.807, 2.05) is 0 Å². The molecule has 0 fully saturated rings. The van der Waals surface area contributed by atoms with Crippen molar-refractivity contribution < 1.29 is 28.2 Å². The topological polar surface area (TPSA) is 121 Å². The molecule has 0 spiro atoms. The lowest BCUT2D eigenvalue weighted by molar-refractivity contribution is -0.140. The lowest BCUT2D eigenvalue weighted by Crippen LogP contribution is -2.41. The molecule has 1 unspecified atom stereocenters. The molecular formula is C13H13NO6S2. The van der Waals surface area contributed by atoms with Crippen LogP contribution >= 0.6 is 11.3 Å². The van der Waals surface area contributed by atoms with Gasteiger partial charge in [-0.1, -0.05) is 6.07 Å². The van der Waals surface area contributed by atoms with Crippen molar-refractivity contribution in [1.82, 2.24) is 4.72 Å². The van der Waals surface area contributed by atoms with Gasteiger partial charge in [0.15, 0.2) is 0 Å². The summed E-state index contributed by atoms with van der Waals surface area (Å²) in [6, 6.07) is 4.86. The van der Waals surface area contributed by atoms with Crippen molar-refractivity contribution in [2.45, 2.75) is 23.8 Å². The minimum absolute atomic E-state index is 0.0205. The molecule has 0 bridgehead atoms. The number of nitrogens with one attached hydrogen (secondary N) is 1. The van der Waals surface area contributed by atoms with Gasteiger partial charge in [0.2, 0.25) is 10.0 Å². The van der Waals surface area contributed by atoms with Gasteiger partial charge >= 0.3 is 11.9 Å². The highest BCUT2D eigenvalue weighted by atomic mass is 32.2. The molecular weight excluding hydrogens is 330 g/mol. The molecule has 2 rings (SSSR count). The Balaban J connectivity index is 2.31. The summed E-state index contributed by atoms with van der Waals surface area (Å²) < 4.78 is 27.6. The standard InChI is InChI=1S/C13H13NO6S2/c15-12(16)5-4-9(13(17)18)14-22(19,20)11-3-1-2-10-8(11)6-7-21-10/h1-3,6-7,9,14H,4-5H2,(H,15,16)(H,17,18). The van der Waals surface area contributed by atoms with E-state index < -0.39 is 34.4 Å². The van der Waals surface area contributed by atoms with Crippen LogP contribution in [0, 0.1) is 0 Å². The van der Waals surface area contributed by atoms with Crippen molar-refractivity contribution in [3.05, 3.63) is 29.6 Å². The molecule has 2 aromatic rings. The Kier molecular flexibility index (Phi) is 4.79. The molecule has 22 heavy (non-hydrogen) atoms. The second-order valence-electron chi connectivity index (χ2n) is 4.53. The number of fused-ring (bicyclic) bond motifs is 1. The summed E-state index contributed by atoms with van der Waals surface area (Å²) in [5.41, 5.74) is 0. The fraction of sp³-hybridized carbons (Fsp3) is 0.231. The first-order valence-electron chi connectivity index (χ1n) is 6.24. The molecule has 1 aromatic carbocycles. The van der Waals surface area contributed by atoms with E-state index >= 15 is 0 Å². The fourth-order valence-electron chi connectivity index (χ4n) is 1.95. The highest BCUT2D eigenvalue weighted by molar-refractivity contribution is 7.89. The Morgan fingerprint density at radius 1 is 1.23 bits per heavy atom. The Morgan fingerprint density at radius 3 is 2.59 bits per heavy atom. The number of carboxylic acid groups (broad SMARTS) is 2. The first-order chi connectivity index (χ1) is 10.3. The SMILES string of the molecule is O=C(O)CCC(NS(=O)(=O)c1cccc2sccc12)C(=O)O. The molecule has 0 saturated carbocycles. The number of benzene rings is 1. The van der Waals surface area contributed by atoms with Gasteiger partial charge in [-0.2, -0.15) is 4.72 Å². The third-order valence-electron chi connectivity index (χ3n) is 2.99. The number of carbonyl (C=O) groups is 2. The van der Waals surface area contributed by atoms with Gasteiger partial charge in [-0.05, 0) is 30.0 Å². The highest BCUT2D eigenvalue weighted by Gasteiger charge is 2.27. The Hall–Kier alpha value is -1.97. The van der Waals surface area contributed by atoms with Gasteiger partial charge in [0.05, 0.1) is 4.90 Å². The van der Waals surface area contributed by atoms with E-state index in [0.717, 1.165) is 4.70 Å². The molecule has 3 N–H and O–H groups in total. The van der Waals surface area contributed by atoms with Gasteiger partial charge in [-0.3, -0.25) is 9.59 Å². The zero-order chi connectivity index (χ0) is 16.3. The maximum absolute atomic E-state index is 12.4. The second kappa shape index (κ2) is 6.42. The third-order valence-corrected chi connectivity index (χ3v) is 5.40. The average molecular weight is 343 g/mol. The van der Waals surface area contributed by atoms with Crippen molar-refractivity contribution in [2.75, 3.05) is 0 Å². The lowest BCUT2D eigenvalue weighted by Gasteiger charge is -2.14. The number of thiophene rings is 1. The van der Waals surface area contributed by atoms with Crippen LogP contribution in [0.3, 0.4) is 0 Å². The lowest BCUT2D eigenvalue weighted by atomic mass is 10.2. The summed E-state index contributed by atoms with van der Waals surface area (Å²) in [6.45, 7) is 0. The summed E-state index contributed by atoms with van der Waals surface area (Å²) in [6.07, 6.45) is -0.772. The molecule has 118 valence electrons. The smallest absolute Gasteiger partial charge is 0.321 e. The molecule has 1 atom stereocenters. The van der Waals surface area contributed by atoms with Crippen molar-refractivity contribution in [2.24, 2.45) is 0 Å². The number of aliphatic carboxylic acids is 2. The van der Waals surface area contributed by atoms with Crippen LogP contribution < -0.4 is 4.72 Å². The van der Waals surface area contributed by atoms with Crippen LogP contribution in [-0.2, 0) is 19.6 Å². The van der Waals surface area contributed by atoms with E-state index in [1.54, 1.807) is 23.6 Å². The van der Waals surface area contributed by atoms with Gasteiger partial charge in [-0.25, -0.2) is 8.42 Å². The molecule has 1 aromatic heterocycles. The predicted octanol–water partition coefficient (Wildman–Crippen LogP) is 1.50. The van der Waals surface area contributed by atoms with Crippen molar-refractivity contribution in [3.63, 3.8) is 0 Å². The molecule has 0 saturated heterocycles. The summed E-state index contributed by atoms with van der Waals surface area (Å²) >= 11 is 1.37. The highest BCUT2D eigenvalue weighted by Crippen LogP contribution is 2.27. The van der Waals surface area contributed by atoms with Gasteiger partial charge in [0, 0.05) is 16.5 Å². The Morgan fingerprint density at radius 2 is 1.95 bits per heavy atom. The molecule has 0 aliphatic rings. The van der Waals surface area contributed by atoms with E-state index in [0.29, 0.717) is 5.39 Å². The molecule has 1 heterocycles. The molecule has 0 amide bonds. The van der Waals surface area contributed by atoms with Gasteiger partial charge in [-0.15, -0.1) is 11.3 Å². The van der Waals surface area contributed by atoms with Crippen LogP contribution in [0.4, 0.5) is 0 Å². The van der Waals surface area contributed by atoms with Gasteiger partial charge < -0.3 is 10.2 Å². The first-order valence-corrected chi connectivity index (χ1v) is 8.60. The van der Waals surface area contributed by atoms with E-state index in [2.05, 4.69) is 4.72 Å². The largest absolute Gasteiger partial charge is 0.481 e. The van der Waals surface area contributed by atoms with Crippen LogP contribution in [-0.4, -0.2) is 36.6 Å². The maximum Gasteiger partial charge on any atom is 0.321 e. The van der Waals surface area contributed by atoms with Crippen molar-refractivity contribution in [1.29, 1.82) is 0 Å². The summed E-state index contributed by atoms with van der Waals surface area (Å²) in [5.74, 6) is -2.60. The quantitative estimate of drug-likeness (QED) is 0.700. The minimum atomic E-state index is -4.07. The van der Waals surface area contributed by atoms with Crippen LogP contribution in [0.25, 0.3) is 10.1 Å². The van der Waals surface area contributed by atoms with Crippen molar-refractivity contribution in [3.8, 4) is 0 Å². The van der Waals surface area contributed by atoms with Gasteiger partial charge in [0.25, 0.3) is 0 Å². The van der Waals surface area contributed by atoms with Crippen LogP contribution in [0.2, 0.25) is 0 Å². The zero-order valence-electron chi connectivity index (χ0n) is 11.2. The Bertz CT molecular complexity index is 811. The number of rotatable bonds is 7. The van der Waals surface area contributed by atoms with E-state index in [4.69, 9.17) is 10.2 Å². The van der Waals surface area contributed by atoms with E-state index in [9.17, 15) is 18.0 Å². The first kappa shape index (κ1) is 16.4. The predicted molar refractivity (Wildman–Crippen MR) is 80.4 cm³/mol. The van der Waals surface area contributed by atoms with Crippen LogP contribution in [0.5, 0.6) is 0 Å². The third kappa shape index (κ3) is 3.62. The number of hydrogen-bond acceptors (Lipinski definition) is 5. The molecule has 7 nitrogen and oxygen atoms in total. The number of sulfonamides is 1. The van der Waals surface area contributed by atoms with Crippen LogP contribution in [0.1, 0.15) is 12.8 Å². The minimum Gasteiger partial charge on any atom is -0.481 e. The molecule has 0 radical (unpaired) electrons. The molecule has 9 heteroatoms. The van der Waals surface area contributed by atoms with E-state index in [1.165, 1.54) is 17.4 Å². The maximum atomic E-state index is 12.4. The zero-order valence-corrected chi connectivity index (χ0v) is 12.9. The van der Waals surface area contributed by atoms with Crippen LogP contribution in [0.15, 0.2) is 34.5 Å². The summed E-state index contributed by atoms with van der Waals surface area (Å²) in [4.78, 5) is 21.6.